The van der Waals surface area contributed by atoms with Gasteiger partial charge in [0.2, 0.25) is 0 Å². The molecule has 2 aromatic carbocycles. The predicted molar refractivity (Wildman–Crippen MR) is 156 cm³/mol. The third-order valence-corrected chi connectivity index (χ3v) is 8.03. The van der Waals surface area contributed by atoms with Crippen LogP contribution in [0.2, 0.25) is 5.02 Å². The van der Waals surface area contributed by atoms with Crippen LogP contribution in [-0.4, -0.2) is 17.0 Å². The summed E-state index contributed by atoms with van der Waals surface area (Å²) >= 11 is 6.34. The Morgan fingerprint density at radius 1 is 1.05 bits per heavy atom. The van der Waals surface area contributed by atoms with Crippen molar-refractivity contribution in [1.29, 1.82) is 5.41 Å². The normalized spacial score (nSPS) is 16.2. The van der Waals surface area contributed by atoms with E-state index >= 15 is 0 Å². The average Bonchev–Trinajstić information content (AvgIpc) is 2.92. The summed E-state index contributed by atoms with van der Waals surface area (Å²) in [6.07, 6.45) is 0.853. The number of hydrogen-bond donors (Lipinski definition) is 1. The number of aromatic nitrogens is 1. The van der Waals surface area contributed by atoms with E-state index in [1.807, 2.05) is 68.5 Å². The maximum atomic E-state index is 13.2. The van der Waals surface area contributed by atoms with Gasteiger partial charge in [0.15, 0.2) is 0 Å². The maximum Gasteiger partial charge on any atom is 0.391 e. The highest BCUT2D eigenvalue weighted by molar-refractivity contribution is 6.31. The second-order valence-corrected chi connectivity index (χ2v) is 10.8. The zero-order valence-corrected chi connectivity index (χ0v) is 23.9. The third-order valence-electron chi connectivity index (χ3n) is 7.80. The van der Waals surface area contributed by atoms with E-state index in [0.717, 1.165) is 28.3 Å². The lowest BCUT2D eigenvalue weighted by Crippen LogP contribution is -2.29. The van der Waals surface area contributed by atoms with Crippen molar-refractivity contribution in [3.8, 4) is 0 Å². The van der Waals surface area contributed by atoms with Gasteiger partial charge in [-0.15, -0.1) is 0 Å². The minimum absolute atomic E-state index is 0.196. The van der Waals surface area contributed by atoms with Crippen LogP contribution in [0.25, 0.3) is 17.2 Å². The molecule has 3 aromatic rings. The number of allylic oxidation sites excluding steroid dienone is 1. The van der Waals surface area contributed by atoms with Crippen LogP contribution in [0, 0.1) is 30.1 Å². The van der Waals surface area contributed by atoms with E-state index in [4.69, 9.17) is 22.0 Å². The molecule has 0 aliphatic rings. The minimum atomic E-state index is -4.23. The zero-order chi connectivity index (χ0) is 28.7. The number of nitrogens with zero attached hydrogens (tertiary/aromatic N) is 1. The van der Waals surface area contributed by atoms with Crippen molar-refractivity contribution in [3.05, 3.63) is 99.1 Å². The van der Waals surface area contributed by atoms with Gasteiger partial charge in [0.05, 0.1) is 11.3 Å². The van der Waals surface area contributed by atoms with Gasteiger partial charge in [-0.05, 0) is 89.1 Å². The Morgan fingerprint density at radius 2 is 1.74 bits per heavy atom. The lowest BCUT2D eigenvalue weighted by molar-refractivity contribution is -0.184. The molecule has 0 saturated carbocycles. The van der Waals surface area contributed by atoms with Crippen LogP contribution in [0.4, 0.5) is 13.2 Å². The van der Waals surface area contributed by atoms with Crippen molar-refractivity contribution < 1.29 is 13.2 Å². The van der Waals surface area contributed by atoms with Gasteiger partial charge in [0.1, 0.15) is 0 Å². The summed E-state index contributed by atoms with van der Waals surface area (Å²) in [6.45, 7) is 8.80. The summed E-state index contributed by atoms with van der Waals surface area (Å²) in [5.41, 5.74) is 4.53. The highest BCUT2D eigenvalue weighted by atomic mass is 35.5. The molecule has 0 saturated heterocycles. The third kappa shape index (κ3) is 7.71. The Kier molecular flexibility index (Phi) is 10.4. The molecule has 0 spiro atoms. The summed E-state index contributed by atoms with van der Waals surface area (Å²) in [6, 6.07) is 19.6. The molecule has 2 nitrogen and oxygen atoms in total. The van der Waals surface area contributed by atoms with Crippen LogP contribution in [0.5, 0.6) is 0 Å². The van der Waals surface area contributed by atoms with E-state index in [1.54, 1.807) is 13.1 Å². The van der Waals surface area contributed by atoms with Gasteiger partial charge in [0, 0.05) is 16.8 Å². The van der Waals surface area contributed by atoms with E-state index in [0.29, 0.717) is 22.4 Å². The Morgan fingerprint density at radius 3 is 2.31 bits per heavy atom. The summed E-state index contributed by atoms with van der Waals surface area (Å²) in [5.74, 6) is 0.611. The fraction of sp³-hybridized carbons (Fsp3) is 0.364. The van der Waals surface area contributed by atoms with E-state index in [-0.39, 0.29) is 11.8 Å². The molecular weight excluding hydrogens is 517 g/mol. The first-order chi connectivity index (χ1) is 18.5. The van der Waals surface area contributed by atoms with Gasteiger partial charge in [-0.2, -0.15) is 13.2 Å². The number of aryl methyl sites for hydroxylation is 1. The second-order valence-electron chi connectivity index (χ2n) is 10.3. The molecule has 0 radical (unpaired) electrons. The molecule has 0 aliphatic carbocycles. The van der Waals surface area contributed by atoms with Crippen LogP contribution >= 0.6 is 11.6 Å². The molecule has 0 fully saturated rings. The molecule has 1 aromatic heterocycles. The first kappa shape index (κ1) is 30.4. The molecule has 0 bridgehead atoms. The first-order valence-electron chi connectivity index (χ1n) is 13.3. The molecule has 0 amide bonds. The second kappa shape index (κ2) is 13.3. The van der Waals surface area contributed by atoms with Gasteiger partial charge in [0.25, 0.3) is 0 Å². The Labute approximate surface area is 234 Å². The van der Waals surface area contributed by atoms with E-state index in [2.05, 4.69) is 24.9 Å². The lowest BCUT2D eigenvalue weighted by atomic mass is 9.84. The fourth-order valence-corrected chi connectivity index (χ4v) is 5.04. The zero-order valence-electron chi connectivity index (χ0n) is 23.1. The number of halogens is 4. The molecule has 3 rings (SSSR count). The first-order valence-corrected chi connectivity index (χ1v) is 13.7. The molecular formula is C33H36ClF3N2. The number of benzene rings is 2. The van der Waals surface area contributed by atoms with Crippen LogP contribution in [0.15, 0.2) is 66.9 Å². The number of nitrogens with one attached hydrogen (secondary N) is 1. The monoisotopic (exact) mass is 552 g/mol. The smallest absolute Gasteiger partial charge is 0.258 e. The number of alkyl halides is 3. The van der Waals surface area contributed by atoms with Crippen molar-refractivity contribution in [1.82, 2.24) is 4.98 Å². The molecule has 1 heterocycles. The Balaban J connectivity index is 2.13. The van der Waals surface area contributed by atoms with Crippen molar-refractivity contribution >= 4 is 34.7 Å². The molecule has 4 atom stereocenters. The minimum Gasteiger partial charge on any atom is -0.258 e. The SMILES string of the molecule is CCC(CC(C(=C=N)c1cc(Cl)ccc1C)=c1ccc(=CC(C)C(C)C(C)C(F)(F)F)cn1)c1ccccc1. The van der Waals surface area contributed by atoms with Crippen LogP contribution in [0.1, 0.15) is 63.1 Å². The maximum absolute atomic E-state index is 13.2. The largest absolute Gasteiger partial charge is 0.391 e. The standard InChI is InChI=1S/C33H36ClF3N2/c1-6-26(27-10-8-7-9-11-27)17-30(31(19-38)29-18-28(34)14-12-21(29)2)32-15-13-25(20-39-32)16-22(3)23(4)24(5)33(35,36)37/h7-16,18,20,22-24,26,38H,6,17H2,1-5H3. The van der Waals surface area contributed by atoms with Gasteiger partial charge in [-0.1, -0.05) is 87.8 Å². The van der Waals surface area contributed by atoms with Crippen LogP contribution in [-0.2, 0) is 0 Å². The summed E-state index contributed by atoms with van der Waals surface area (Å²) < 4.78 is 39.7. The van der Waals surface area contributed by atoms with Crippen molar-refractivity contribution in [2.45, 2.75) is 59.6 Å². The van der Waals surface area contributed by atoms with Crippen molar-refractivity contribution in [2.24, 2.45) is 17.8 Å². The molecule has 0 aliphatic heterocycles. The lowest BCUT2D eigenvalue weighted by Gasteiger charge is -2.26. The van der Waals surface area contributed by atoms with E-state index in [9.17, 15) is 13.2 Å². The van der Waals surface area contributed by atoms with Gasteiger partial charge in [-0.25, -0.2) is 0 Å². The van der Waals surface area contributed by atoms with E-state index in [1.165, 1.54) is 12.5 Å². The number of pyridine rings is 1. The predicted octanol–water partition coefficient (Wildman–Crippen LogP) is 8.36. The number of rotatable bonds is 9. The Hall–Kier alpha value is -3.14. The van der Waals surface area contributed by atoms with Crippen LogP contribution in [0.3, 0.4) is 0 Å². The van der Waals surface area contributed by atoms with Crippen molar-refractivity contribution in [2.75, 3.05) is 0 Å². The quantitative estimate of drug-likeness (QED) is 0.266. The molecule has 206 valence electrons. The highest BCUT2D eigenvalue weighted by Crippen LogP contribution is 2.36. The van der Waals surface area contributed by atoms with Gasteiger partial charge >= 0.3 is 6.18 Å². The van der Waals surface area contributed by atoms with Gasteiger partial charge in [-0.3, -0.25) is 10.4 Å². The van der Waals surface area contributed by atoms with Crippen LogP contribution < -0.4 is 10.6 Å². The molecule has 1 N–H and O–H groups in total. The topological polar surface area (TPSA) is 36.7 Å². The summed E-state index contributed by atoms with van der Waals surface area (Å²) in [7, 11) is 0. The highest BCUT2D eigenvalue weighted by Gasteiger charge is 2.40. The summed E-state index contributed by atoms with van der Waals surface area (Å²) in [4.78, 5) is 4.74. The fourth-order valence-electron chi connectivity index (χ4n) is 4.86. The Bertz CT molecular complexity index is 1420. The van der Waals surface area contributed by atoms with E-state index < -0.39 is 18.0 Å². The summed E-state index contributed by atoms with van der Waals surface area (Å²) in [5, 5.41) is 10.3. The van der Waals surface area contributed by atoms with Crippen molar-refractivity contribution in [3.63, 3.8) is 0 Å². The average molecular weight is 553 g/mol. The molecule has 39 heavy (non-hydrogen) atoms. The molecule has 4 unspecified atom stereocenters. The number of hydrogen-bond acceptors (Lipinski definition) is 2. The van der Waals surface area contributed by atoms with Gasteiger partial charge < -0.3 is 0 Å². The molecule has 6 heteroatoms.